The van der Waals surface area contributed by atoms with Crippen LogP contribution in [0.4, 0.5) is 4.79 Å². The van der Waals surface area contributed by atoms with Gasteiger partial charge in [-0.2, -0.15) is 27.0 Å². The fraction of sp³-hybridized carbons (Fsp3) is 0.647. The van der Waals surface area contributed by atoms with E-state index < -0.39 is 23.7 Å². The molecule has 0 aromatic heterocycles. The van der Waals surface area contributed by atoms with Crippen molar-refractivity contribution in [3.63, 3.8) is 0 Å². The third kappa shape index (κ3) is 28.3. The number of allylic oxidation sites excluding steroid dienone is 1. The van der Waals surface area contributed by atoms with Crippen molar-refractivity contribution in [2.75, 3.05) is 6.61 Å². The summed E-state index contributed by atoms with van der Waals surface area (Å²) in [6.07, 6.45) is 4.68. The van der Waals surface area contributed by atoms with Gasteiger partial charge in [0.25, 0.3) is 0 Å². The number of amides is 1. The Morgan fingerprint density at radius 1 is 1.19 bits per heavy atom. The number of hydrogen-bond donors (Lipinski definition) is 3. The van der Waals surface area contributed by atoms with Gasteiger partial charge in [-0.25, -0.2) is 9.59 Å². The predicted molar refractivity (Wildman–Crippen MR) is 123 cm³/mol. The molecule has 0 rings (SSSR count). The Morgan fingerprint density at radius 3 is 1.85 bits per heavy atom. The third-order valence-electron chi connectivity index (χ3n) is 2.73. The maximum Gasteiger partial charge on any atom is 1.00 e. The summed E-state index contributed by atoms with van der Waals surface area (Å²) in [5.74, 6) is -0.673. The van der Waals surface area contributed by atoms with Gasteiger partial charge in [-0.3, -0.25) is 0 Å². The number of carboxylic acids is 1. The van der Waals surface area contributed by atoms with Gasteiger partial charge >= 0.3 is 30.9 Å². The van der Waals surface area contributed by atoms with Gasteiger partial charge in [-0.05, 0) is 39.5 Å². The van der Waals surface area contributed by atoms with Crippen LogP contribution in [0.15, 0.2) is 25.3 Å². The van der Waals surface area contributed by atoms with Crippen molar-refractivity contribution in [2.45, 2.75) is 58.6 Å². The van der Waals surface area contributed by atoms with Crippen molar-refractivity contribution < 1.29 is 44.8 Å². The van der Waals surface area contributed by atoms with E-state index >= 15 is 0 Å². The standard InChI is InChI=1S/C10H17NO4.C7H14O.Al.Li.2H2S.4H/c1-5-6-7(8(12)13)11-9(14)15-10(2,3)4;1-3-5-7(4-2)6-8;;;;;;;;/h5,7H,1,6H2,2-4H3,(H,11,14)(H,12,13);3,7-8H,1,4-6H2,2H3;;;2*1H2;;;;/q;;;+1;;;;;;-1/t2*7-;;;;;;;;/m00......../s1. The molecule has 0 saturated heterocycles. The molecule has 0 fully saturated rings. The van der Waals surface area contributed by atoms with Crippen LogP contribution >= 0.6 is 27.0 Å². The number of nitrogens with one attached hydrogen (secondary N) is 1. The van der Waals surface area contributed by atoms with Crippen LogP contribution in [-0.4, -0.2) is 57.9 Å². The van der Waals surface area contributed by atoms with E-state index in [9.17, 15) is 9.59 Å². The van der Waals surface area contributed by atoms with Crippen LogP contribution in [0.2, 0.25) is 0 Å². The van der Waals surface area contributed by atoms with Crippen molar-refractivity contribution in [3.05, 3.63) is 25.3 Å². The first kappa shape index (κ1) is 41.4. The molecule has 0 saturated carbocycles. The molecular formula is C17H39AlLiNO5S2. The minimum atomic E-state index is -1.11. The van der Waals surface area contributed by atoms with E-state index in [4.69, 9.17) is 14.9 Å². The van der Waals surface area contributed by atoms with Crippen LogP contribution < -0.4 is 24.2 Å². The average Bonchev–Trinajstić information content (AvgIpc) is 2.42. The number of rotatable bonds is 8. The first-order chi connectivity index (χ1) is 10.6. The third-order valence-corrected chi connectivity index (χ3v) is 2.73. The molecule has 0 aliphatic heterocycles. The van der Waals surface area contributed by atoms with Crippen molar-refractivity contribution in [1.29, 1.82) is 0 Å². The van der Waals surface area contributed by atoms with Gasteiger partial charge in [-0.1, -0.05) is 25.5 Å². The van der Waals surface area contributed by atoms with E-state index in [2.05, 4.69) is 25.4 Å². The molecule has 0 aliphatic rings. The van der Waals surface area contributed by atoms with Crippen molar-refractivity contribution in [2.24, 2.45) is 5.92 Å². The summed E-state index contributed by atoms with van der Waals surface area (Å²) in [7, 11) is 0. The van der Waals surface area contributed by atoms with Gasteiger partial charge in [0.15, 0.2) is 17.4 Å². The topological polar surface area (TPSA) is 95.9 Å². The monoisotopic (exact) mass is 435 g/mol. The number of aliphatic carboxylic acids is 1. The smallest absolute Gasteiger partial charge is 1.00 e. The molecule has 0 aromatic carbocycles. The molecule has 0 aromatic rings. The Morgan fingerprint density at radius 2 is 1.63 bits per heavy atom. The molecule has 0 aliphatic carbocycles. The summed E-state index contributed by atoms with van der Waals surface area (Å²) in [6.45, 7) is 14.5. The zero-order chi connectivity index (χ0) is 18.5. The van der Waals surface area contributed by atoms with Crippen LogP contribution in [0.5, 0.6) is 0 Å². The summed E-state index contributed by atoms with van der Waals surface area (Å²) in [4.78, 5) is 21.9. The second kappa shape index (κ2) is 24.0. The van der Waals surface area contributed by atoms with E-state index in [1.54, 1.807) is 20.8 Å². The minimum absolute atomic E-state index is 0. The first-order valence-corrected chi connectivity index (χ1v) is 7.66. The van der Waals surface area contributed by atoms with Gasteiger partial charge in [0.05, 0.1) is 0 Å². The first-order valence-electron chi connectivity index (χ1n) is 7.66. The molecule has 3 N–H and O–H groups in total. The SMILES string of the molecule is C=CC[C@H](CC)CO.C=CC[C@H](NC(=O)OC(C)(C)C)C(=O)O.S.S.[AlH3].[H-].[Li+]. The molecule has 10 heteroatoms. The van der Waals surface area contributed by atoms with Gasteiger partial charge in [0, 0.05) is 6.61 Å². The van der Waals surface area contributed by atoms with Gasteiger partial charge in [-0.15, -0.1) is 13.2 Å². The summed E-state index contributed by atoms with van der Waals surface area (Å²) in [5, 5.41) is 19.6. The summed E-state index contributed by atoms with van der Waals surface area (Å²) in [6, 6.07) is -0.989. The van der Waals surface area contributed by atoms with Gasteiger partial charge in [0.1, 0.15) is 11.6 Å². The van der Waals surface area contributed by atoms with E-state index in [0.717, 1.165) is 12.8 Å². The van der Waals surface area contributed by atoms with Crippen molar-refractivity contribution >= 4 is 56.4 Å². The molecule has 0 spiro atoms. The van der Waals surface area contributed by atoms with Crippen molar-refractivity contribution in [1.82, 2.24) is 5.32 Å². The Kier molecular flexibility index (Phi) is 36.9. The number of alkyl carbamates (subject to hydrolysis) is 1. The second-order valence-corrected chi connectivity index (χ2v) is 6.04. The minimum Gasteiger partial charge on any atom is -1.00 e. The fourth-order valence-electron chi connectivity index (χ4n) is 1.44. The number of carboxylic acid groups (broad SMARTS) is 1. The fourth-order valence-corrected chi connectivity index (χ4v) is 1.44. The van der Waals surface area contributed by atoms with Crippen molar-refractivity contribution in [3.8, 4) is 0 Å². The number of aliphatic hydroxyl groups excluding tert-OH is 1. The Hall–Kier alpha value is 0.00987. The molecule has 0 heterocycles. The molecule has 6 nitrogen and oxygen atoms in total. The van der Waals surface area contributed by atoms with Crippen LogP contribution in [0.25, 0.3) is 0 Å². The number of hydrogen-bond acceptors (Lipinski definition) is 4. The largest absolute Gasteiger partial charge is 1.00 e. The number of ether oxygens (including phenoxy) is 1. The molecule has 0 radical (unpaired) electrons. The van der Waals surface area contributed by atoms with E-state index in [-0.39, 0.29) is 71.1 Å². The van der Waals surface area contributed by atoms with Crippen LogP contribution in [0.1, 0.15) is 48.4 Å². The number of carbonyl (C=O) groups excluding carboxylic acids is 1. The molecule has 2 atom stereocenters. The normalized spacial score (nSPS) is 11.0. The summed E-state index contributed by atoms with van der Waals surface area (Å²) in [5.41, 5.74) is -0.638. The number of aliphatic hydroxyl groups is 1. The maximum atomic E-state index is 11.2. The van der Waals surface area contributed by atoms with Gasteiger partial charge < -0.3 is 21.7 Å². The zero-order valence-corrected chi connectivity index (χ0v) is 18.7. The quantitative estimate of drug-likeness (QED) is 0.346. The Labute approximate surface area is 202 Å². The summed E-state index contributed by atoms with van der Waals surface area (Å²) < 4.78 is 4.92. The zero-order valence-electron chi connectivity index (χ0n) is 17.7. The van der Waals surface area contributed by atoms with Crippen LogP contribution in [0.3, 0.4) is 0 Å². The van der Waals surface area contributed by atoms with Gasteiger partial charge in [0.2, 0.25) is 0 Å². The Bertz CT molecular complexity index is 398. The van der Waals surface area contributed by atoms with Crippen LogP contribution in [-0.2, 0) is 9.53 Å². The van der Waals surface area contributed by atoms with E-state index in [1.165, 1.54) is 6.08 Å². The molecule has 158 valence electrons. The molecular weight excluding hydrogens is 396 g/mol. The second-order valence-electron chi connectivity index (χ2n) is 6.04. The van der Waals surface area contributed by atoms with E-state index in [0.29, 0.717) is 12.5 Å². The predicted octanol–water partition coefficient (Wildman–Crippen LogP) is -0.720. The van der Waals surface area contributed by atoms with Crippen LogP contribution in [0, 0.1) is 5.92 Å². The maximum absolute atomic E-state index is 11.2. The number of carbonyl (C=O) groups is 2. The molecule has 1 amide bonds. The molecule has 0 unspecified atom stereocenters. The average molecular weight is 436 g/mol. The summed E-state index contributed by atoms with van der Waals surface area (Å²) >= 11 is 0. The molecule has 27 heavy (non-hydrogen) atoms. The molecule has 0 bridgehead atoms. The Balaban J connectivity index is -0.0000000599. The van der Waals surface area contributed by atoms with E-state index in [1.807, 2.05) is 6.08 Å².